The van der Waals surface area contributed by atoms with Crippen LogP contribution in [0.25, 0.3) is 0 Å². The zero-order chi connectivity index (χ0) is 22.8. The molecule has 2 amide bonds. The zero-order valence-electron chi connectivity index (χ0n) is 17.1. The van der Waals surface area contributed by atoms with Gasteiger partial charge in [-0.1, -0.05) is 6.92 Å². The van der Waals surface area contributed by atoms with Gasteiger partial charge in [-0.15, -0.1) is 0 Å². The summed E-state index contributed by atoms with van der Waals surface area (Å²) >= 11 is 0. The predicted molar refractivity (Wildman–Crippen MR) is 104 cm³/mol. The second-order valence-electron chi connectivity index (χ2n) is 6.88. The number of hydrogen-bond acceptors (Lipinski definition) is 6. The van der Waals surface area contributed by atoms with Crippen LogP contribution in [-0.2, 0) is 11.3 Å². The maximum atomic E-state index is 12.9. The fourth-order valence-corrected chi connectivity index (χ4v) is 3.15. The van der Waals surface area contributed by atoms with Gasteiger partial charge in [-0.05, 0) is 24.6 Å². The van der Waals surface area contributed by atoms with Crippen LogP contribution < -0.4 is 14.8 Å². The van der Waals surface area contributed by atoms with Crippen molar-refractivity contribution in [1.82, 2.24) is 14.9 Å². The number of nitrogens with zero attached hydrogens (tertiary/aromatic N) is 3. The third-order valence-corrected chi connectivity index (χ3v) is 4.84. The Kier molecular flexibility index (Phi) is 6.32. The Balaban J connectivity index is 1.83. The Bertz CT molecular complexity index is 997. The molecule has 0 spiro atoms. The summed E-state index contributed by atoms with van der Waals surface area (Å²) in [6.45, 7) is 2.18. The molecule has 166 valence electrons. The van der Waals surface area contributed by atoms with Gasteiger partial charge in [0, 0.05) is 29.9 Å². The average Bonchev–Trinajstić information content (AvgIpc) is 3.08. The predicted octanol–water partition coefficient (Wildman–Crippen LogP) is 3.49. The van der Waals surface area contributed by atoms with Gasteiger partial charge in [0.15, 0.2) is 12.4 Å². The third kappa shape index (κ3) is 4.86. The van der Waals surface area contributed by atoms with E-state index in [1.165, 1.54) is 25.6 Å². The van der Waals surface area contributed by atoms with Gasteiger partial charge in [-0.2, -0.15) is 13.2 Å². The number of pyridine rings is 2. The standard InChI is InChI=1S/C20H21F3N4O4/c1-4-16(28)26-17-14-9-27(19(29)13(14)5-6-24-17)11(2)12-7-15(30-3)18(25-8-12)31-10-20(21,22)23/h5-8,11H,4,9-10H2,1-3H3,(H,24,26,28). The second-order valence-corrected chi connectivity index (χ2v) is 6.88. The number of fused-ring (bicyclic) bond motifs is 1. The summed E-state index contributed by atoms with van der Waals surface area (Å²) in [7, 11) is 1.29. The van der Waals surface area contributed by atoms with E-state index in [-0.39, 0.29) is 36.4 Å². The fourth-order valence-electron chi connectivity index (χ4n) is 3.15. The van der Waals surface area contributed by atoms with Crippen molar-refractivity contribution in [1.29, 1.82) is 0 Å². The lowest BCUT2D eigenvalue weighted by Gasteiger charge is -2.25. The van der Waals surface area contributed by atoms with Gasteiger partial charge in [0.1, 0.15) is 5.82 Å². The molecule has 0 fully saturated rings. The molecule has 31 heavy (non-hydrogen) atoms. The summed E-state index contributed by atoms with van der Waals surface area (Å²) in [6, 6.07) is 2.59. The summed E-state index contributed by atoms with van der Waals surface area (Å²) < 4.78 is 47.1. The van der Waals surface area contributed by atoms with Gasteiger partial charge < -0.3 is 19.7 Å². The average molecular weight is 438 g/mol. The highest BCUT2D eigenvalue weighted by Gasteiger charge is 2.34. The van der Waals surface area contributed by atoms with Crippen LogP contribution >= 0.6 is 0 Å². The van der Waals surface area contributed by atoms with Gasteiger partial charge in [-0.25, -0.2) is 9.97 Å². The monoisotopic (exact) mass is 438 g/mol. The number of amides is 2. The van der Waals surface area contributed by atoms with Crippen molar-refractivity contribution in [3.8, 4) is 11.6 Å². The van der Waals surface area contributed by atoms with E-state index in [2.05, 4.69) is 15.3 Å². The maximum absolute atomic E-state index is 12.9. The summed E-state index contributed by atoms with van der Waals surface area (Å²) in [4.78, 5) is 34.4. The molecule has 1 aliphatic rings. The van der Waals surface area contributed by atoms with Crippen molar-refractivity contribution >= 4 is 17.6 Å². The number of aromatic nitrogens is 2. The van der Waals surface area contributed by atoms with Crippen LogP contribution in [0, 0.1) is 0 Å². The first-order chi connectivity index (χ1) is 14.6. The molecular formula is C20H21F3N4O4. The number of anilines is 1. The van der Waals surface area contributed by atoms with E-state index in [9.17, 15) is 22.8 Å². The molecule has 8 nitrogen and oxygen atoms in total. The Hall–Kier alpha value is -3.37. The fraction of sp³-hybridized carbons (Fsp3) is 0.400. The number of hydrogen-bond donors (Lipinski definition) is 1. The number of carbonyl (C=O) groups excluding carboxylic acids is 2. The molecule has 2 aromatic heterocycles. The number of halogens is 3. The number of carbonyl (C=O) groups is 2. The van der Waals surface area contributed by atoms with Crippen molar-refractivity contribution in [3.63, 3.8) is 0 Å². The molecule has 0 saturated carbocycles. The number of ether oxygens (including phenoxy) is 2. The summed E-state index contributed by atoms with van der Waals surface area (Å²) in [6.07, 6.45) is -1.44. The van der Waals surface area contributed by atoms with Crippen LogP contribution in [-0.4, -0.2) is 46.6 Å². The molecule has 0 aliphatic carbocycles. The smallest absolute Gasteiger partial charge is 0.422 e. The van der Waals surface area contributed by atoms with Gasteiger partial charge in [0.2, 0.25) is 5.91 Å². The lowest BCUT2D eigenvalue weighted by atomic mass is 10.1. The molecule has 3 rings (SSSR count). The van der Waals surface area contributed by atoms with Crippen molar-refractivity contribution in [2.24, 2.45) is 0 Å². The molecule has 11 heteroatoms. The largest absolute Gasteiger partial charge is 0.491 e. The topological polar surface area (TPSA) is 93.7 Å². The van der Waals surface area contributed by atoms with Crippen molar-refractivity contribution < 1.29 is 32.2 Å². The first kappa shape index (κ1) is 22.3. The number of rotatable bonds is 7. The van der Waals surface area contributed by atoms with Gasteiger partial charge in [-0.3, -0.25) is 9.59 Å². The highest BCUT2D eigenvalue weighted by Crippen LogP contribution is 2.36. The van der Waals surface area contributed by atoms with Crippen LogP contribution in [0.3, 0.4) is 0 Å². The van der Waals surface area contributed by atoms with Crippen LogP contribution in [0.4, 0.5) is 19.0 Å². The SMILES string of the molecule is CCC(=O)Nc1nccc2c1CN(C(C)c1cnc(OCC(F)(F)F)c(OC)c1)C2=O. The zero-order valence-corrected chi connectivity index (χ0v) is 17.1. The van der Waals surface area contributed by atoms with E-state index in [1.54, 1.807) is 24.8 Å². The highest BCUT2D eigenvalue weighted by atomic mass is 19.4. The van der Waals surface area contributed by atoms with Crippen molar-refractivity contribution in [2.45, 2.75) is 39.0 Å². The molecule has 1 unspecified atom stereocenters. The first-order valence-electron chi connectivity index (χ1n) is 9.46. The van der Waals surface area contributed by atoms with Gasteiger partial charge in [0.25, 0.3) is 11.8 Å². The molecule has 0 saturated heterocycles. The van der Waals surface area contributed by atoms with Gasteiger partial charge >= 0.3 is 6.18 Å². The van der Waals surface area contributed by atoms with E-state index < -0.39 is 18.8 Å². The third-order valence-electron chi connectivity index (χ3n) is 4.84. The van der Waals surface area contributed by atoms with Crippen molar-refractivity contribution in [2.75, 3.05) is 19.0 Å². The van der Waals surface area contributed by atoms with E-state index >= 15 is 0 Å². The summed E-state index contributed by atoms with van der Waals surface area (Å²) in [5.74, 6) is -0.411. The molecule has 1 atom stereocenters. The van der Waals surface area contributed by atoms with Crippen molar-refractivity contribution in [3.05, 3.63) is 41.2 Å². The van der Waals surface area contributed by atoms with Crippen LogP contribution in [0.5, 0.6) is 11.6 Å². The first-order valence-corrected chi connectivity index (χ1v) is 9.46. The van der Waals surface area contributed by atoms with Crippen LogP contribution in [0.1, 0.15) is 47.8 Å². The molecule has 0 bridgehead atoms. The Labute approximate surface area is 176 Å². The van der Waals surface area contributed by atoms with Crippen LogP contribution in [0.2, 0.25) is 0 Å². The molecule has 3 heterocycles. The molecule has 0 radical (unpaired) electrons. The number of nitrogens with one attached hydrogen (secondary N) is 1. The lowest BCUT2D eigenvalue weighted by molar-refractivity contribution is -0.154. The van der Waals surface area contributed by atoms with E-state index in [1.807, 2.05) is 0 Å². The summed E-state index contributed by atoms with van der Waals surface area (Å²) in [5, 5.41) is 2.69. The lowest BCUT2D eigenvalue weighted by Crippen LogP contribution is -2.27. The summed E-state index contributed by atoms with van der Waals surface area (Å²) in [5.41, 5.74) is 1.58. The minimum absolute atomic E-state index is 0.0234. The van der Waals surface area contributed by atoms with E-state index in [4.69, 9.17) is 9.47 Å². The van der Waals surface area contributed by atoms with E-state index in [0.29, 0.717) is 22.5 Å². The molecular weight excluding hydrogens is 417 g/mol. The molecule has 1 N–H and O–H groups in total. The number of alkyl halides is 3. The Morgan fingerprint density at radius 3 is 2.74 bits per heavy atom. The normalized spacial score (nSPS) is 14.3. The molecule has 0 aromatic carbocycles. The number of methoxy groups -OCH3 is 1. The van der Waals surface area contributed by atoms with E-state index in [0.717, 1.165) is 0 Å². The Morgan fingerprint density at radius 1 is 1.35 bits per heavy atom. The molecule has 1 aliphatic heterocycles. The van der Waals surface area contributed by atoms with Gasteiger partial charge in [0.05, 0.1) is 19.7 Å². The highest BCUT2D eigenvalue weighted by molar-refractivity contribution is 6.01. The Morgan fingerprint density at radius 2 is 2.10 bits per heavy atom. The maximum Gasteiger partial charge on any atom is 0.422 e. The molecule has 2 aromatic rings. The quantitative estimate of drug-likeness (QED) is 0.711. The minimum atomic E-state index is -4.51. The second kappa shape index (κ2) is 8.78. The minimum Gasteiger partial charge on any atom is -0.491 e. The van der Waals surface area contributed by atoms with Crippen LogP contribution in [0.15, 0.2) is 24.5 Å².